The maximum Gasteiger partial charge on any atom is 0.248 e. The summed E-state index contributed by atoms with van der Waals surface area (Å²) in [5, 5.41) is 5.59. The van der Waals surface area contributed by atoms with Crippen molar-refractivity contribution in [3.8, 4) is 0 Å². The van der Waals surface area contributed by atoms with E-state index in [1.807, 2.05) is 33.8 Å². The zero-order valence-electron chi connectivity index (χ0n) is 15.3. The van der Waals surface area contributed by atoms with Crippen LogP contribution in [0.15, 0.2) is 48.7 Å². The Bertz CT molecular complexity index is 975. The number of amides is 1. The van der Waals surface area contributed by atoms with E-state index >= 15 is 0 Å². The second-order valence-corrected chi connectivity index (χ2v) is 7.48. The number of para-hydroxylation sites is 1. The van der Waals surface area contributed by atoms with Gasteiger partial charge in [-0.2, -0.15) is 5.10 Å². The van der Waals surface area contributed by atoms with Crippen molar-refractivity contribution in [2.24, 2.45) is 0 Å². The first-order valence-corrected chi connectivity index (χ1v) is 9.66. The van der Waals surface area contributed by atoms with Gasteiger partial charge in [-0.05, 0) is 31.0 Å². The summed E-state index contributed by atoms with van der Waals surface area (Å²) >= 11 is 0. The summed E-state index contributed by atoms with van der Waals surface area (Å²) in [6.45, 7) is 3.95. The molecule has 3 aromatic rings. The van der Waals surface area contributed by atoms with E-state index in [1.54, 1.807) is 6.20 Å². The number of aromatic nitrogens is 3. The lowest BCUT2D eigenvalue weighted by Crippen LogP contribution is -2.45. The first kappa shape index (κ1) is 16.4. The fourth-order valence-electron chi connectivity index (χ4n) is 4.24. The monoisotopic (exact) mass is 361 g/mol. The van der Waals surface area contributed by atoms with E-state index in [4.69, 9.17) is 4.98 Å². The molecular weight excluding hydrogens is 338 g/mol. The van der Waals surface area contributed by atoms with Crippen LogP contribution in [0.5, 0.6) is 0 Å². The average molecular weight is 361 g/mol. The number of pyridine rings is 1. The summed E-state index contributed by atoms with van der Waals surface area (Å²) in [5.41, 5.74) is 3.15. The molecule has 0 saturated carbocycles. The molecule has 0 spiro atoms. The van der Waals surface area contributed by atoms with Gasteiger partial charge in [0, 0.05) is 44.3 Å². The Balaban J connectivity index is 1.39. The van der Waals surface area contributed by atoms with Crippen LogP contribution < -0.4 is 0 Å². The molecule has 0 aliphatic carbocycles. The summed E-state index contributed by atoms with van der Waals surface area (Å²) in [6, 6.07) is 14.2. The summed E-state index contributed by atoms with van der Waals surface area (Å²) in [4.78, 5) is 22.2. The van der Waals surface area contributed by atoms with Crippen molar-refractivity contribution < 1.29 is 4.79 Å². The maximum atomic E-state index is 13.1. The van der Waals surface area contributed by atoms with Crippen molar-refractivity contribution in [1.82, 2.24) is 24.6 Å². The molecule has 0 radical (unpaired) electrons. The molecule has 6 heteroatoms. The van der Waals surface area contributed by atoms with Crippen molar-refractivity contribution in [3.63, 3.8) is 0 Å². The Hall–Kier alpha value is -2.73. The van der Waals surface area contributed by atoms with Crippen LogP contribution in [0.1, 0.15) is 30.3 Å². The van der Waals surface area contributed by atoms with E-state index in [0.717, 1.165) is 61.3 Å². The second kappa shape index (κ2) is 6.78. The van der Waals surface area contributed by atoms with E-state index in [1.165, 1.54) is 0 Å². The molecule has 2 aromatic heterocycles. The quantitative estimate of drug-likeness (QED) is 0.720. The van der Waals surface area contributed by atoms with Gasteiger partial charge in [0.05, 0.1) is 16.9 Å². The molecular formula is C21H23N5O. The first-order valence-electron chi connectivity index (χ1n) is 9.66. The van der Waals surface area contributed by atoms with E-state index < -0.39 is 0 Å². The Morgan fingerprint density at radius 3 is 2.81 bits per heavy atom. The van der Waals surface area contributed by atoms with Crippen molar-refractivity contribution in [3.05, 3.63) is 60.0 Å². The zero-order valence-corrected chi connectivity index (χ0v) is 15.3. The average Bonchev–Trinajstić information content (AvgIpc) is 3.38. The third-order valence-corrected chi connectivity index (χ3v) is 5.61. The van der Waals surface area contributed by atoms with Gasteiger partial charge in [0.15, 0.2) is 0 Å². The van der Waals surface area contributed by atoms with E-state index in [9.17, 15) is 4.79 Å². The Labute approximate surface area is 158 Å². The van der Waals surface area contributed by atoms with Crippen LogP contribution in [-0.2, 0) is 17.9 Å². The lowest BCUT2D eigenvalue weighted by atomic mass is 10.1. The smallest absolute Gasteiger partial charge is 0.248 e. The van der Waals surface area contributed by atoms with Gasteiger partial charge >= 0.3 is 0 Å². The van der Waals surface area contributed by atoms with Crippen LogP contribution in [0.2, 0.25) is 0 Å². The summed E-state index contributed by atoms with van der Waals surface area (Å²) in [5.74, 6) is 0.202. The number of benzene rings is 1. The standard InChI is InChI=1S/C21H23N5O/c27-21(25-11-3-4-12-25)20-15-24(14-18-9-10-22-26(18)20)13-17-8-7-16-5-1-2-6-19(16)23-17/h1-2,5-10,20H,3-4,11-15H2. The van der Waals surface area contributed by atoms with Crippen LogP contribution in [0, 0.1) is 0 Å². The molecule has 1 aromatic carbocycles. The van der Waals surface area contributed by atoms with Crippen LogP contribution >= 0.6 is 0 Å². The van der Waals surface area contributed by atoms with Crippen molar-refractivity contribution >= 4 is 16.8 Å². The van der Waals surface area contributed by atoms with Gasteiger partial charge in [-0.15, -0.1) is 0 Å². The molecule has 1 saturated heterocycles. The lowest BCUT2D eigenvalue weighted by Gasteiger charge is -2.34. The van der Waals surface area contributed by atoms with Crippen LogP contribution in [0.3, 0.4) is 0 Å². The fourth-order valence-corrected chi connectivity index (χ4v) is 4.24. The fraction of sp³-hybridized carbons (Fsp3) is 0.381. The number of rotatable bonds is 3. The molecule has 27 heavy (non-hydrogen) atoms. The van der Waals surface area contributed by atoms with Gasteiger partial charge in [0.25, 0.3) is 0 Å². The van der Waals surface area contributed by atoms with Crippen LogP contribution in [0.25, 0.3) is 10.9 Å². The topological polar surface area (TPSA) is 54.3 Å². The molecule has 0 N–H and O–H groups in total. The third-order valence-electron chi connectivity index (χ3n) is 5.61. The number of hydrogen-bond donors (Lipinski definition) is 0. The van der Waals surface area contributed by atoms with Gasteiger partial charge in [-0.1, -0.05) is 24.3 Å². The van der Waals surface area contributed by atoms with Gasteiger partial charge in [-0.25, -0.2) is 0 Å². The van der Waals surface area contributed by atoms with Gasteiger partial charge in [-0.3, -0.25) is 19.4 Å². The highest BCUT2D eigenvalue weighted by Gasteiger charge is 2.34. The van der Waals surface area contributed by atoms with Crippen molar-refractivity contribution in [1.29, 1.82) is 0 Å². The highest BCUT2D eigenvalue weighted by Crippen LogP contribution is 2.25. The predicted molar refractivity (Wildman–Crippen MR) is 103 cm³/mol. The molecule has 6 nitrogen and oxygen atoms in total. The lowest BCUT2D eigenvalue weighted by molar-refractivity contribution is -0.135. The molecule has 2 aliphatic heterocycles. The van der Waals surface area contributed by atoms with Gasteiger partial charge in [0.1, 0.15) is 6.04 Å². The molecule has 0 bridgehead atoms. The summed E-state index contributed by atoms with van der Waals surface area (Å²) in [6.07, 6.45) is 4.02. The van der Waals surface area contributed by atoms with E-state index in [0.29, 0.717) is 6.54 Å². The summed E-state index contributed by atoms with van der Waals surface area (Å²) < 4.78 is 1.92. The SMILES string of the molecule is O=C(C1CN(Cc2ccc3ccccc3n2)Cc2ccnn21)N1CCCC1. The van der Waals surface area contributed by atoms with Crippen LogP contribution in [-0.4, -0.2) is 50.1 Å². The number of carbonyl (C=O) groups is 1. The predicted octanol–water partition coefficient (Wildman–Crippen LogP) is 2.61. The van der Waals surface area contributed by atoms with E-state index in [-0.39, 0.29) is 11.9 Å². The zero-order chi connectivity index (χ0) is 18.2. The van der Waals surface area contributed by atoms with Crippen molar-refractivity contribution in [2.45, 2.75) is 32.0 Å². The number of hydrogen-bond acceptors (Lipinski definition) is 4. The highest BCUT2D eigenvalue weighted by atomic mass is 16.2. The van der Waals surface area contributed by atoms with Crippen molar-refractivity contribution in [2.75, 3.05) is 19.6 Å². The number of fused-ring (bicyclic) bond motifs is 2. The Morgan fingerprint density at radius 1 is 1.07 bits per heavy atom. The normalized spacial score (nSPS) is 20.1. The third kappa shape index (κ3) is 3.10. The first-order chi connectivity index (χ1) is 13.3. The number of carbonyl (C=O) groups excluding carboxylic acids is 1. The molecule has 1 atom stereocenters. The number of likely N-dealkylation sites (tertiary alicyclic amines) is 1. The summed E-state index contributed by atoms with van der Waals surface area (Å²) in [7, 11) is 0. The molecule has 1 unspecified atom stereocenters. The second-order valence-electron chi connectivity index (χ2n) is 7.48. The van der Waals surface area contributed by atoms with Crippen LogP contribution in [0.4, 0.5) is 0 Å². The van der Waals surface area contributed by atoms with E-state index in [2.05, 4.69) is 28.2 Å². The molecule has 1 amide bonds. The van der Waals surface area contributed by atoms with Gasteiger partial charge < -0.3 is 4.90 Å². The number of nitrogens with zero attached hydrogens (tertiary/aromatic N) is 5. The van der Waals surface area contributed by atoms with Gasteiger partial charge in [0.2, 0.25) is 5.91 Å². The molecule has 2 aliphatic rings. The minimum Gasteiger partial charge on any atom is -0.341 e. The Kier molecular flexibility index (Phi) is 4.13. The molecule has 1 fully saturated rings. The maximum absolute atomic E-state index is 13.1. The molecule has 5 rings (SSSR count). The minimum atomic E-state index is -0.234. The minimum absolute atomic E-state index is 0.202. The highest BCUT2D eigenvalue weighted by molar-refractivity contribution is 5.81. The molecule has 4 heterocycles. The Morgan fingerprint density at radius 2 is 1.93 bits per heavy atom. The largest absolute Gasteiger partial charge is 0.341 e. The molecule has 138 valence electrons.